The topological polar surface area (TPSA) is 128 Å². The van der Waals surface area contributed by atoms with Gasteiger partial charge in [-0.2, -0.15) is 0 Å². The van der Waals surface area contributed by atoms with E-state index >= 15 is 0 Å². The Labute approximate surface area is 112 Å². The van der Waals surface area contributed by atoms with Crippen LogP contribution >= 0.6 is 11.3 Å². The number of sulfonamides is 1. The molecule has 0 fully saturated rings. The summed E-state index contributed by atoms with van der Waals surface area (Å²) in [6.07, 6.45) is 0. The molecule has 0 radical (unpaired) electrons. The molecule has 0 aliphatic heterocycles. The summed E-state index contributed by atoms with van der Waals surface area (Å²) in [5, 5.41) is 11.1. The first-order valence-corrected chi connectivity index (χ1v) is 7.38. The van der Waals surface area contributed by atoms with Crippen LogP contribution in [0.1, 0.15) is 21.9 Å². The van der Waals surface area contributed by atoms with Gasteiger partial charge in [0.25, 0.3) is 5.91 Å². The van der Waals surface area contributed by atoms with Gasteiger partial charge in [0.05, 0.1) is 5.69 Å². The second-order valence-electron chi connectivity index (χ2n) is 3.71. The van der Waals surface area contributed by atoms with Crippen molar-refractivity contribution >= 4 is 32.4 Å². The second kappa shape index (κ2) is 4.72. The summed E-state index contributed by atoms with van der Waals surface area (Å²) in [6, 6.07) is 1.45. The number of amides is 1. The van der Waals surface area contributed by atoms with Crippen LogP contribution < -0.4 is 10.5 Å². The Kier molecular flexibility index (Phi) is 3.39. The molecule has 2 rings (SSSR count). The molecule has 2 aromatic heterocycles. The van der Waals surface area contributed by atoms with Crippen LogP contribution in [0.3, 0.4) is 0 Å². The Morgan fingerprint density at radius 1 is 1.47 bits per heavy atom. The first-order valence-electron chi connectivity index (χ1n) is 5.02. The Hall–Kier alpha value is -1.78. The van der Waals surface area contributed by atoms with Gasteiger partial charge in [-0.1, -0.05) is 16.5 Å². The minimum Gasteiger partial charge on any atom is -0.361 e. The van der Waals surface area contributed by atoms with Gasteiger partial charge in [-0.3, -0.25) is 10.1 Å². The van der Waals surface area contributed by atoms with Crippen LogP contribution in [0.4, 0.5) is 5.13 Å². The molecule has 1 amide bonds. The van der Waals surface area contributed by atoms with Crippen LogP contribution in [0, 0.1) is 13.8 Å². The van der Waals surface area contributed by atoms with Crippen molar-refractivity contribution in [1.29, 1.82) is 0 Å². The second-order valence-corrected chi connectivity index (χ2v) is 6.47. The van der Waals surface area contributed by atoms with Crippen molar-refractivity contribution in [3.63, 3.8) is 0 Å². The van der Waals surface area contributed by atoms with Crippen molar-refractivity contribution in [1.82, 2.24) is 10.1 Å². The molecule has 19 heavy (non-hydrogen) atoms. The summed E-state index contributed by atoms with van der Waals surface area (Å²) in [5.41, 5.74) is 0.321. The fourth-order valence-electron chi connectivity index (χ4n) is 1.33. The summed E-state index contributed by atoms with van der Waals surface area (Å²) in [4.78, 5) is 15.7. The molecule has 0 atom stereocenters. The number of thiazole rings is 1. The molecule has 10 heteroatoms. The van der Waals surface area contributed by atoms with Crippen LogP contribution in [-0.2, 0) is 10.0 Å². The van der Waals surface area contributed by atoms with Gasteiger partial charge in [-0.05, 0) is 13.8 Å². The van der Waals surface area contributed by atoms with Crippen molar-refractivity contribution in [3.8, 4) is 0 Å². The fraction of sp³-hybridized carbons (Fsp3) is 0.222. The molecule has 0 saturated heterocycles. The summed E-state index contributed by atoms with van der Waals surface area (Å²) in [5.74, 6) is -0.0442. The molecule has 0 bridgehead atoms. The molecular weight excluding hydrogens is 292 g/mol. The van der Waals surface area contributed by atoms with Crippen molar-refractivity contribution < 1.29 is 17.7 Å². The van der Waals surface area contributed by atoms with Gasteiger partial charge in [0, 0.05) is 6.07 Å². The number of aromatic nitrogens is 2. The Balaban J connectivity index is 2.23. The Morgan fingerprint density at radius 2 is 2.16 bits per heavy atom. The smallest absolute Gasteiger partial charge is 0.279 e. The summed E-state index contributed by atoms with van der Waals surface area (Å²) < 4.78 is 27.1. The van der Waals surface area contributed by atoms with Crippen LogP contribution in [0.5, 0.6) is 0 Å². The minimum atomic E-state index is -3.84. The zero-order chi connectivity index (χ0) is 14.2. The van der Waals surface area contributed by atoms with Crippen molar-refractivity contribution in [2.75, 3.05) is 5.32 Å². The maximum atomic E-state index is 11.8. The average Bonchev–Trinajstić information content (AvgIpc) is 2.84. The molecule has 0 aliphatic carbocycles. The molecule has 2 aromatic rings. The summed E-state index contributed by atoms with van der Waals surface area (Å²) >= 11 is 0.782. The van der Waals surface area contributed by atoms with Gasteiger partial charge in [-0.25, -0.2) is 18.5 Å². The highest BCUT2D eigenvalue weighted by molar-refractivity contribution is 7.91. The zero-order valence-corrected chi connectivity index (χ0v) is 11.6. The van der Waals surface area contributed by atoms with E-state index in [0.29, 0.717) is 5.76 Å². The highest BCUT2D eigenvalue weighted by atomic mass is 32.2. The van der Waals surface area contributed by atoms with E-state index in [1.807, 2.05) is 0 Å². The van der Waals surface area contributed by atoms with E-state index in [1.54, 1.807) is 6.92 Å². The standard InChI is InChI=1S/C9H10N4O4S2/c1-4-3-6(13-17-4)7(14)12-9-11-5(2)8(18-9)19(10,15)16/h3H,1-2H3,(H2,10,15,16)(H,11,12,14). The monoisotopic (exact) mass is 302 g/mol. The number of primary sulfonamides is 1. The molecule has 8 nitrogen and oxygen atoms in total. The van der Waals surface area contributed by atoms with Gasteiger partial charge in [0.2, 0.25) is 10.0 Å². The molecule has 0 aromatic carbocycles. The van der Waals surface area contributed by atoms with E-state index in [9.17, 15) is 13.2 Å². The third kappa shape index (κ3) is 2.97. The predicted molar refractivity (Wildman–Crippen MR) is 67.4 cm³/mol. The Bertz CT molecular complexity index is 731. The van der Waals surface area contributed by atoms with Crippen LogP contribution in [0.2, 0.25) is 0 Å². The number of nitrogens with one attached hydrogen (secondary N) is 1. The highest BCUT2D eigenvalue weighted by Crippen LogP contribution is 2.26. The molecule has 0 aliphatic rings. The number of hydrogen-bond donors (Lipinski definition) is 2. The van der Waals surface area contributed by atoms with Gasteiger partial charge in [-0.15, -0.1) is 0 Å². The minimum absolute atomic E-state index is 0.0841. The van der Waals surface area contributed by atoms with Crippen LogP contribution in [-0.4, -0.2) is 24.5 Å². The molecule has 102 valence electrons. The number of rotatable bonds is 3. The maximum absolute atomic E-state index is 11.8. The van der Waals surface area contributed by atoms with E-state index in [1.165, 1.54) is 13.0 Å². The summed E-state index contributed by atoms with van der Waals surface area (Å²) in [7, 11) is -3.84. The lowest BCUT2D eigenvalue weighted by molar-refractivity contribution is 0.101. The zero-order valence-electron chi connectivity index (χ0n) is 10.00. The first kappa shape index (κ1) is 13.6. The summed E-state index contributed by atoms with van der Waals surface area (Å²) in [6.45, 7) is 3.14. The van der Waals surface area contributed by atoms with Crippen molar-refractivity contribution in [2.45, 2.75) is 18.1 Å². The van der Waals surface area contributed by atoms with E-state index in [-0.39, 0.29) is 20.7 Å². The van der Waals surface area contributed by atoms with Gasteiger partial charge < -0.3 is 4.52 Å². The van der Waals surface area contributed by atoms with E-state index in [4.69, 9.17) is 9.66 Å². The van der Waals surface area contributed by atoms with Crippen molar-refractivity contribution in [2.24, 2.45) is 5.14 Å². The number of nitrogens with two attached hydrogens (primary N) is 1. The number of anilines is 1. The third-order valence-electron chi connectivity index (χ3n) is 2.09. The number of aryl methyl sites for hydroxylation is 2. The Morgan fingerprint density at radius 3 is 2.63 bits per heavy atom. The normalized spacial score (nSPS) is 11.5. The van der Waals surface area contributed by atoms with Crippen LogP contribution in [0.25, 0.3) is 0 Å². The fourth-order valence-corrected chi connectivity index (χ4v) is 3.19. The lowest BCUT2D eigenvalue weighted by atomic mass is 10.4. The number of carbonyl (C=O) groups is 1. The van der Waals surface area contributed by atoms with Crippen LogP contribution in [0.15, 0.2) is 14.8 Å². The number of nitrogens with zero attached hydrogens (tertiary/aromatic N) is 2. The van der Waals surface area contributed by atoms with E-state index < -0.39 is 15.9 Å². The van der Waals surface area contributed by atoms with Gasteiger partial charge >= 0.3 is 0 Å². The molecular formula is C9H10N4O4S2. The lowest BCUT2D eigenvalue weighted by Crippen LogP contribution is -2.12. The van der Waals surface area contributed by atoms with Crippen molar-refractivity contribution in [3.05, 3.63) is 23.2 Å². The lowest BCUT2D eigenvalue weighted by Gasteiger charge is -1.95. The highest BCUT2D eigenvalue weighted by Gasteiger charge is 2.20. The predicted octanol–water partition coefficient (Wildman–Crippen LogP) is 0.648. The SMILES string of the molecule is Cc1cc(C(=O)Nc2nc(C)c(S(N)(=O)=O)s2)no1. The molecule has 0 saturated carbocycles. The third-order valence-corrected chi connectivity index (χ3v) is 4.72. The maximum Gasteiger partial charge on any atom is 0.279 e. The van der Waals surface area contributed by atoms with E-state index in [0.717, 1.165) is 11.3 Å². The molecule has 0 spiro atoms. The first-order chi connectivity index (χ1) is 8.77. The molecule has 0 unspecified atom stereocenters. The number of hydrogen-bond acceptors (Lipinski definition) is 7. The molecule has 3 N–H and O–H groups in total. The van der Waals surface area contributed by atoms with E-state index in [2.05, 4.69) is 15.5 Å². The quantitative estimate of drug-likeness (QED) is 0.856. The van der Waals surface area contributed by atoms with Gasteiger partial charge in [0.15, 0.2) is 15.0 Å². The largest absolute Gasteiger partial charge is 0.361 e. The van der Waals surface area contributed by atoms with Gasteiger partial charge in [0.1, 0.15) is 5.76 Å². The average molecular weight is 302 g/mol. The number of carbonyl (C=O) groups excluding carboxylic acids is 1. The molecule has 2 heterocycles.